The van der Waals surface area contributed by atoms with Gasteiger partial charge in [-0.25, -0.2) is 8.42 Å². The third-order valence-electron chi connectivity index (χ3n) is 2.39. The van der Waals surface area contributed by atoms with Gasteiger partial charge in [-0.15, -0.1) is 0 Å². The van der Waals surface area contributed by atoms with Crippen molar-refractivity contribution in [1.29, 1.82) is 0 Å². The van der Waals surface area contributed by atoms with Crippen LogP contribution < -0.4 is 4.72 Å². The molecule has 0 fully saturated rings. The van der Waals surface area contributed by atoms with Crippen LogP contribution in [-0.2, 0) is 15.8 Å². The van der Waals surface area contributed by atoms with Gasteiger partial charge in [0.2, 0.25) is 10.0 Å². The van der Waals surface area contributed by atoms with Crippen molar-refractivity contribution in [3.8, 4) is 0 Å². The van der Waals surface area contributed by atoms with Crippen LogP contribution in [0.15, 0.2) is 48.5 Å². The highest BCUT2D eigenvalue weighted by Crippen LogP contribution is 2.16. The standard InChI is InChI=1S/C13H11ClINO2S/c14-11-3-1-10(2-4-11)9-19(17,18)16-13-7-5-12(15)6-8-13/h1-8,16H,9H2. The predicted octanol–water partition coefficient (Wildman–Crippen LogP) is 3.89. The zero-order valence-electron chi connectivity index (χ0n) is 9.81. The van der Waals surface area contributed by atoms with Crippen LogP contribution in [0.4, 0.5) is 5.69 Å². The summed E-state index contributed by atoms with van der Waals surface area (Å²) in [4.78, 5) is 0. The molecule has 2 rings (SSSR count). The van der Waals surface area contributed by atoms with Crippen molar-refractivity contribution >= 4 is 49.9 Å². The minimum Gasteiger partial charge on any atom is -0.283 e. The first kappa shape index (κ1) is 14.6. The third kappa shape index (κ3) is 4.67. The van der Waals surface area contributed by atoms with Crippen molar-refractivity contribution in [2.45, 2.75) is 5.75 Å². The first-order valence-corrected chi connectivity index (χ1v) is 8.56. The normalized spacial score (nSPS) is 11.3. The zero-order valence-corrected chi connectivity index (χ0v) is 13.5. The number of anilines is 1. The van der Waals surface area contributed by atoms with E-state index in [-0.39, 0.29) is 5.75 Å². The average Bonchev–Trinajstić information content (AvgIpc) is 2.34. The van der Waals surface area contributed by atoms with E-state index in [0.717, 1.165) is 3.57 Å². The molecule has 6 heteroatoms. The van der Waals surface area contributed by atoms with Crippen molar-refractivity contribution in [2.75, 3.05) is 4.72 Å². The fourth-order valence-electron chi connectivity index (χ4n) is 1.53. The molecule has 2 aromatic carbocycles. The molecule has 3 nitrogen and oxygen atoms in total. The number of hydrogen-bond donors (Lipinski definition) is 1. The van der Waals surface area contributed by atoms with Crippen molar-refractivity contribution in [3.63, 3.8) is 0 Å². The van der Waals surface area contributed by atoms with Crippen LogP contribution in [-0.4, -0.2) is 8.42 Å². The summed E-state index contributed by atoms with van der Waals surface area (Å²) >= 11 is 7.93. The first-order valence-electron chi connectivity index (χ1n) is 5.45. The van der Waals surface area contributed by atoms with E-state index >= 15 is 0 Å². The maximum absolute atomic E-state index is 12.0. The minimum absolute atomic E-state index is 0.0733. The molecular weight excluding hydrogens is 397 g/mol. The second-order valence-electron chi connectivity index (χ2n) is 3.99. The van der Waals surface area contributed by atoms with Crippen molar-refractivity contribution in [3.05, 3.63) is 62.7 Å². The molecule has 0 amide bonds. The summed E-state index contributed by atoms with van der Waals surface area (Å²) in [6.07, 6.45) is 0. The molecule has 0 atom stereocenters. The molecule has 1 N–H and O–H groups in total. The SMILES string of the molecule is O=S(=O)(Cc1ccc(Cl)cc1)Nc1ccc(I)cc1. The molecule has 0 unspecified atom stereocenters. The molecule has 0 saturated carbocycles. The van der Waals surface area contributed by atoms with E-state index in [1.54, 1.807) is 36.4 Å². The molecular formula is C13H11ClINO2S. The Labute approximate surface area is 131 Å². The lowest BCUT2D eigenvalue weighted by molar-refractivity contribution is 0.600. The second kappa shape index (κ2) is 6.11. The fourth-order valence-corrected chi connectivity index (χ4v) is 3.22. The van der Waals surface area contributed by atoms with Crippen LogP contribution in [0.5, 0.6) is 0 Å². The van der Waals surface area contributed by atoms with Gasteiger partial charge in [-0.1, -0.05) is 23.7 Å². The maximum atomic E-state index is 12.0. The predicted molar refractivity (Wildman–Crippen MR) is 86.9 cm³/mol. The lowest BCUT2D eigenvalue weighted by Crippen LogP contribution is -2.14. The Balaban J connectivity index is 2.10. The molecule has 100 valence electrons. The van der Waals surface area contributed by atoms with E-state index in [1.165, 1.54) is 0 Å². The van der Waals surface area contributed by atoms with Crippen molar-refractivity contribution in [2.24, 2.45) is 0 Å². The van der Waals surface area contributed by atoms with Crippen LogP contribution in [0.25, 0.3) is 0 Å². The van der Waals surface area contributed by atoms with E-state index in [4.69, 9.17) is 11.6 Å². The minimum atomic E-state index is -3.41. The highest BCUT2D eigenvalue weighted by Gasteiger charge is 2.11. The van der Waals surface area contributed by atoms with Gasteiger partial charge in [0, 0.05) is 14.3 Å². The zero-order chi connectivity index (χ0) is 13.9. The van der Waals surface area contributed by atoms with E-state index in [1.807, 2.05) is 12.1 Å². The number of benzene rings is 2. The number of hydrogen-bond acceptors (Lipinski definition) is 2. The van der Waals surface area contributed by atoms with Crippen molar-refractivity contribution < 1.29 is 8.42 Å². The van der Waals surface area contributed by atoms with Crippen LogP contribution >= 0.6 is 34.2 Å². The van der Waals surface area contributed by atoms with Gasteiger partial charge < -0.3 is 0 Å². The van der Waals surface area contributed by atoms with E-state index in [2.05, 4.69) is 27.3 Å². The highest BCUT2D eigenvalue weighted by atomic mass is 127. The molecule has 0 radical (unpaired) electrons. The molecule has 0 saturated heterocycles. The highest BCUT2D eigenvalue weighted by molar-refractivity contribution is 14.1. The van der Waals surface area contributed by atoms with Gasteiger partial charge in [0.15, 0.2) is 0 Å². The van der Waals surface area contributed by atoms with Crippen molar-refractivity contribution in [1.82, 2.24) is 0 Å². The first-order chi connectivity index (χ1) is 8.94. The Morgan fingerprint density at radius 2 is 1.58 bits per heavy atom. The Bertz CT molecular complexity index is 601. The molecule has 0 aliphatic rings. The molecule has 0 heterocycles. The summed E-state index contributed by atoms with van der Waals surface area (Å²) in [5.74, 6) is -0.0733. The van der Waals surface area contributed by atoms with E-state index < -0.39 is 10.0 Å². The Morgan fingerprint density at radius 3 is 2.16 bits per heavy atom. The summed E-state index contributed by atoms with van der Waals surface area (Å²) in [6.45, 7) is 0. The summed E-state index contributed by atoms with van der Waals surface area (Å²) in [5, 5.41) is 0.590. The molecule has 0 aromatic heterocycles. The number of rotatable bonds is 4. The second-order valence-corrected chi connectivity index (χ2v) is 7.40. The number of sulfonamides is 1. The van der Waals surface area contributed by atoms with Crippen LogP contribution in [0.2, 0.25) is 5.02 Å². The number of halogens is 2. The monoisotopic (exact) mass is 407 g/mol. The van der Waals surface area contributed by atoms with Crippen LogP contribution in [0.1, 0.15) is 5.56 Å². The van der Waals surface area contributed by atoms with Gasteiger partial charge in [-0.05, 0) is 64.6 Å². The number of nitrogens with one attached hydrogen (secondary N) is 1. The summed E-state index contributed by atoms with van der Waals surface area (Å²) in [6, 6.07) is 13.9. The average molecular weight is 408 g/mol. The summed E-state index contributed by atoms with van der Waals surface area (Å²) < 4.78 is 27.6. The summed E-state index contributed by atoms with van der Waals surface area (Å²) in [5.41, 5.74) is 1.26. The van der Waals surface area contributed by atoms with Crippen LogP contribution in [0.3, 0.4) is 0 Å². The molecule has 0 aliphatic carbocycles. The lowest BCUT2D eigenvalue weighted by Gasteiger charge is -2.08. The Hall–Kier alpha value is -0.790. The Morgan fingerprint density at radius 1 is 1.00 bits per heavy atom. The van der Waals surface area contributed by atoms with E-state index in [9.17, 15) is 8.42 Å². The largest absolute Gasteiger partial charge is 0.283 e. The molecule has 2 aromatic rings. The fraction of sp³-hybridized carbons (Fsp3) is 0.0769. The van der Waals surface area contributed by atoms with Gasteiger partial charge in [0.1, 0.15) is 0 Å². The van der Waals surface area contributed by atoms with Gasteiger partial charge in [0.05, 0.1) is 5.75 Å². The smallest absolute Gasteiger partial charge is 0.236 e. The maximum Gasteiger partial charge on any atom is 0.236 e. The molecule has 0 aliphatic heterocycles. The van der Waals surface area contributed by atoms with Gasteiger partial charge in [-0.2, -0.15) is 0 Å². The van der Waals surface area contributed by atoms with Crippen LogP contribution in [0, 0.1) is 3.57 Å². The quantitative estimate of drug-likeness (QED) is 0.782. The van der Waals surface area contributed by atoms with Gasteiger partial charge in [-0.3, -0.25) is 4.72 Å². The Kier molecular flexibility index (Phi) is 4.70. The third-order valence-corrected chi connectivity index (χ3v) is 4.62. The molecule has 0 bridgehead atoms. The molecule has 0 spiro atoms. The lowest BCUT2D eigenvalue weighted by atomic mass is 10.2. The summed E-state index contributed by atoms with van der Waals surface area (Å²) in [7, 11) is -3.41. The van der Waals surface area contributed by atoms with E-state index in [0.29, 0.717) is 16.3 Å². The van der Waals surface area contributed by atoms with Gasteiger partial charge >= 0.3 is 0 Å². The topological polar surface area (TPSA) is 46.2 Å². The van der Waals surface area contributed by atoms with Gasteiger partial charge in [0.25, 0.3) is 0 Å². The molecule has 19 heavy (non-hydrogen) atoms.